The Hall–Kier alpha value is -2.86. The number of carbonyl (C=O) groups is 1. The molecule has 2 atom stereocenters. The van der Waals surface area contributed by atoms with E-state index in [0.29, 0.717) is 12.5 Å². The van der Waals surface area contributed by atoms with Crippen LogP contribution in [0.2, 0.25) is 0 Å². The van der Waals surface area contributed by atoms with E-state index in [1.165, 1.54) is 12.0 Å². The molecule has 3 heterocycles. The van der Waals surface area contributed by atoms with Gasteiger partial charge in [-0.05, 0) is 76.0 Å². The number of carbonyl (C=O) groups excluding carboxylic acids is 1. The lowest BCUT2D eigenvalue weighted by Crippen LogP contribution is -2.41. The van der Waals surface area contributed by atoms with E-state index < -0.39 is 0 Å². The first-order valence-electron chi connectivity index (χ1n) is 12.6. The third-order valence-corrected chi connectivity index (χ3v) is 7.41. The number of hydrogen-bond acceptors (Lipinski definition) is 5. The van der Waals surface area contributed by atoms with Gasteiger partial charge in [-0.3, -0.25) is 9.79 Å². The van der Waals surface area contributed by atoms with Crippen molar-refractivity contribution in [1.29, 1.82) is 0 Å². The second kappa shape index (κ2) is 9.79. The first-order chi connectivity index (χ1) is 16.6. The highest BCUT2D eigenvalue weighted by molar-refractivity contribution is 6.15. The van der Waals surface area contributed by atoms with E-state index in [4.69, 9.17) is 14.5 Å². The predicted molar refractivity (Wildman–Crippen MR) is 135 cm³/mol. The molecule has 2 aromatic carbocycles. The van der Waals surface area contributed by atoms with Crippen LogP contribution in [0, 0.1) is 0 Å². The van der Waals surface area contributed by atoms with Crippen LogP contribution in [0.1, 0.15) is 65.6 Å². The van der Waals surface area contributed by atoms with Crippen LogP contribution < -0.4 is 9.47 Å². The van der Waals surface area contributed by atoms with Crippen molar-refractivity contribution in [3.8, 4) is 11.5 Å². The highest BCUT2D eigenvalue weighted by Crippen LogP contribution is 2.42. The second-order valence-corrected chi connectivity index (χ2v) is 9.66. The molecule has 0 spiro atoms. The Morgan fingerprint density at radius 2 is 1.82 bits per heavy atom. The van der Waals surface area contributed by atoms with Crippen molar-refractivity contribution in [2.24, 2.45) is 4.99 Å². The number of methoxy groups -OCH3 is 1. The number of ether oxygens (including phenoxy) is 2. The lowest BCUT2D eigenvalue weighted by molar-refractivity contribution is 0.0724. The van der Waals surface area contributed by atoms with Crippen molar-refractivity contribution in [2.75, 3.05) is 46.9 Å². The Kier molecular flexibility index (Phi) is 6.59. The van der Waals surface area contributed by atoms with Gasteiger partial charge in [-0.15, -0.1) is 0 Å². The number of fused-ring (bicyclic) bond motifs is 3. The number of hydrogen-bond donors (Lipinski definition) is 0. The van der Waals surface area contributed by atoms with E-state index in [1.807, 2.05) is 24.0 Å². The number of piperidine rings is 2. The van der Waals surface area contributed by atoms with Crippen molar-refractivity contribution in [1.82, 2.24) is 9.80 Å². The molecule has 2 unspecified atom stereocenters. The van der Waals surface area contributed by atoms with Gasteiger partial charge in [0, 0.05) is 42.2 Å². The molecule has 0 N–H and O–H groups in total. The van der Waals surface area contributed by atoms with Gasteiger partial charge in [0.1, 0.15) is 0 Å². The van der Waals surface area contributed by atoms with Crippen LogP contribution in [-0.2, 0) is 0 Å². The molecule has 0 aliphatic carbocycles. The van der Waals surface area contributed by atoms with Gasteiger partial charge >= 0.3 is 0 Å². The van der Waals surface area contributed by atoms with E-state index in [0.717, 1.165) is 79.3 Å². The molecule has 6 heteroatoms. The van der Waals surface area contributed by atoms with E-state index in [2.05, 4.69) is 36.2 Å². The molecule has 0 bridgehead atoms. The SMILES string of the molecule is CCOc1cc2c(cc1OC)C(c1ccc(C(=O)N3CCCCC3)cc1)=NC1CCN(C)CC21. The smallest absolute Gasteiger partial charge is 0.253 e. The number of nitrogens with zero attached hydrogens (tertiary/aromatic N) is 3. The van der Waals surface area contributed by atoms with Gasteiger partial charge in [-0.25, -0.2) is 0 Å². The topological polar surface area (TPSA) is 54.4 Å². The van der Waals surface area contributed by atoms with Crippen LogP contribution in [0.15, 0.2) is 41.4 Å². The number of likely N-dealkylation sites (N-methyl/N-ethyl adjacent to an activating group) is 1. The molecular formula is C28H35N3O3. The Labute approximate surface area is 202 Å². The van der Waals surface area contributed by atoms with Gasteiger partial charge in [-0.2, -0.15) is 0 Å². The lowest BCUT2D eigenvalue weighted by Gasteiger charge is -2.39. The minimum Gasteiger partial charge on any atom is -0.493 e. The summed E-state index contributed by atoms with van der Waals surface area (Å²) in [4.78, 5) is 22.6. The van der Waals surface area contributed by atoms with Crippen LogP contribution >= 0.6 is 0 Å². The molecule has 2 saturated heterocycles. The standard InChI is InChI=1S/C28H35N3O3/c1-4-34-26-16-21-22(17-25(26)33-3)27(29-24-12-15-30(2)18-23(21)24)19-8-10-20(11-9-19)28(32)31-13-6-5-7-14-31/h8-11,16-17,23-24H,4-7,12-15,18H2,1-3H3. The number of rotatable bonds is 5. The van der Waals surface area contributed by atoms with Crippen LogP contribution in [0.5, 0.6) is 11.5 Å². The van der Waals surface area contributed by atoms with Crippen LogP contribution in [0.25, 0.3) is 0 Å². The van der Waals surface area contributed by atoms with Crippen LogP contribution in [0.4, 0.5) is 0 Å². The maximum atomic E-state index is 12.9. The number of benzene rings is 2. The summed E-state index contributed by atoms with van der Waals surface area (Å²) < 4.78 is 11.6. The Bertz CT molecular complexity index is 1070. The fraction of sp³-hybridized carbons (Fsp3) is 0.500. The van der Waals surface area contributed by atoms with Crippen LogP contribution in [-0.4, -0.2) is 74.4 Å². The molecule has 34 heavy (non-hydrogen) atoms. The zero-order valence-electron chi connectivity index (χ0n) is 20.5. The predicted octanol–water partition coefficient (Wildman–Crippen LogP) is 4.36. The highest BCUT2D eigenvalue weighted by Gasteiger charge is 2.36. The summed E-state index contributed by atoms with van der Waals surface area (Å²) in [6, 6.07) is 12.5. The third kappa shape index (κ3) is 4.31. The number of aliphatic imine (C=N–C) groups is 1. The van der Waals surface area contributed by atoms with E-state index in [1.54, 1.807) is 7.11 Å². The highest BCUT2D eigenvalue weighted by atomic mass is 16.5. The van der Waals surface area contributed by atoms with Crippen LogP contribution in [0.3, 0.4) is 0 Å². The molecule has 5 rings (SSSR count). The summed E-state index contributed by atoms with van der Waals surface area (Å²) >= 11 is 0. The van der Waals surface area contributed by atoms with Gasteiger partial charge in [0.2, 0.25) is 0 Å². The lowest BCUT2D eigenvalue weighted by atomic mass is 9.79. The minimum absolute atomic E-state index is 0.135. The number of likely N-dealkylation sites (tertiary alicyclic amines) is 2. The summed E-state index contributed by atoms with van der Waals surface area (Å²) in [5.74, 6) is 1.99. The van der Waals surface area contributed by atoms with Gasteiger partial charge in [0.25, 0.3) is 5.91 Å². The van der Waals surface area contributed by atoms with Crippen molar-refractivity contribution in [2.45, 2.75) is 44.6 Å². The molecule has 3 aliphatic rings. The van der Waals surface area contributed by atoms with Crippen molar-refractivity contribution in [3.05, 3.63) is 58.7 Å². The second-order valence-electron chi connectivity index (χ2n) is 9.66. The minimum atomic E-state index is 0.135. The van der Waals surface area contributed by atoms with E-state index in [9.17, 15) is 4.79 Å². The number of amides is 1. The Morgan fingerprint density at radius 3 is 2.53 bits per heavy atom. The summed E-state index contributed by atoms with van der Waals surface area (Å²) in [6.07, 6.45) is 4.45. The normalized spacial score (nSPS) is 22.4. The van der Waals surface area contributed by atoms with Gasteiger partial charge in [-0.1, -0.05) is 12.1 Å². The van der Waals surface area contributed by atoms with E-state index in [-0.39, 0.29) is 11.9 Å². The average Bonchev–Trinajstić information content (AvgIpc) is 2.88. The summed E-state index contributed by atoms with van der Waals surface area (Å²) in [6.45, 7) is 6.34. The van der Waals surface area contributed by atoms with Crippen molar-refractivity contribution >= 4 is 11.6 Å². The summed E-state index contributed by atoms with van der Waals surface area (Å²) in [7, 11) is 3.86. The molecule has 0 radical (unpaired) electrons. The largest absolute Gasteiger partial charge is 0.493 e. The monoisotopic (exact) mass is 461 g/mol. The summed E-state index contributed by atoms with van der Waals surface area (Å²) in [5.41, 5.74) is 5.16. The zero-order valence-corrected chi connectivity index (χ0v) is 20.5. The molecule has 2 aromatic rings. The zero-order chi connectivity index (χ0) is 23.7. The molecular weight excluding hydrogens is 426 g/mol. The Balaban J connectivity index is 1.52. The van der Waals surface area contributed by atoms with Crippen molar-refractivity contribution in [3.63, 3.8) is 0 Å². The fourth-order valence-corrected chi connectivity index (χ4v) is 5.59. The van der Waals surface area contributed by atoms with Crippen molar-refractivity contribution < 1.29 is 14.3 Å². The molecule has 2 fully saturated rings. The first kappa shape index (κ1) is 22.9. The molecule has 0 aromatic heterocycles. The van der Waals surface area contributed by atoms with Gasteiger partial charge in [0.05, 0.1) is 25.5 Å². The molecule has 6 nitrogen and oxygen atoms in total. The van der Waals surface area contributed by atoms with Gasteiger partial charge in [0.15, 0.2) is 11.5 Å². The first-order valence-corrected chi connectivity index (χ1v) is 12.6. The third-order valence-electron chi connectivity index (χ3n) is 7.41. The quantitative estimate of drug-likeness (QED) is 0.664. The fourth-order valence-electron chi connectivity index (χ4n) is 5.59. The Morgan fingerprint density at radius 1 is 1.06 bits per heavy atom. The van der Waals surface area contributed by atoms with E-state index >= 15 is 0 Å². The average molecular weight is 462 g/mol. The maximum absolute atomic E-state index is 12.9. The summed E-state index contributed by atoms with van der Waals surface area (Å²) in [5, 5.41) is 0. The maximum Gasteiger partial charge on any atom is 0.253 e. The molecule has 3 aliphatic heterocycles. The molecule has 0 saturated carbocycles. The van der Waals surface area contributed by atoms with Gasteiger partial charge < -0.3 is 19.3 Å². The molecule has 1 amide bonds. The molecule has 180 valence electrons.